The van der Waals surface area contributed by atoms with Gasteiger partial charge in [-0.2, -0.15) is 0 Å². The van der Waals surface area contributed by atoms with Crippen LogP contribution < -0.4 is 0 Å². The molecular formula is C16H22O3. The summed E-state index contributed by atoms with van der Waals surface area (Å²) in [5, 5.41) is 19.1. The number of allylic oxidation sites excluding steroid dienone is 1. The quantitative estimate of drug-likeness (QED) is 0.802. The fourth-order valence-corrected chi connectivity index (χ4v) is 2.27. The van der Waals surface area contributed by atoms with Crippen molar-refractivity contribution < 1.29 is 14.9 Å². The van der Waals surface area contributed by atoms with Gasteiger partial charge in [-0.05, 0) is 29.2 Å². The largest absolute Gasteiger partial charge is 0.508 e. The van der Waals surface area contributed by atoms with Crippen LogP contribution in [0.4, 0.5) is 0 Å². The first-order chi connectivity index (χ1) is 8.93. The third-order valence-corrected chi connectivity index (χ3v) is 3.59. The van der Waals surface area contributed by atoms with E-state index in [4.69, 9.17) is 4.74 Å². The van der Waals surface area contributed by atoms with Crippen molar-refractivity contribution >= 4 is 0 Å². The van der Waals surface area contributed by atoms with Gasteiger partial charge < -0.3 is 14.9 Å². The number of hydrogen-bond donors (Lipinski definition) is 2. The number of aliphatic hydroxyl groups is 1. The van der Waals surface area contributed by atoms with E-state index in [0.29, 0.717) is 19.1 Å². The SMILES string of the molecule is CC(C)/C=C1\C(O)C1(C)COCc1ccc(O)cc1. The van der Waals surface area contributed by atoms with Crippen molar-refractivity contribution in [1.29, 1.82) is 0 Å². The van der Waals surface area contributed by atoms with E-state index in [2.05, 4.69) is 19.9 Å². The van der Waals surface area contributed by atoms with E-state index in [1.807, 2.05) is 19.1 Å². The molecule has 0 aromatic heterocycles. The Morgan fingerprint density at radius 3 is 2.53 bits per heavy atom. The van der Waals surface area contributed by atoms with Crippen LogP contribution in [-0.2, 0) is 11.3 Å². The molecule has 1 aliphatic rings. The summed E-state index contributed by atoms with van der Waals surface area (Å²) in [6.45, 7) is 7.26. The summed E-state index contributed by atoms with van der Waals surface area (Å²) in [7, 11) is 0. The number of ether oxygens (including phenoxy) is 1. The standard InChI is InChI=1S/C16H22O3/c1-11(2)8-14-15(18)16(14,3)10-19-9-12-4-6-13(17)7-5-12/h4-8,11,15,17-18H,9-10H2,1-3H3/b14-8+. The summed E-state index contributed by atoms with van der Waals surface area (Å²) < 4.78 is 5.69. The van der Waals surface area contributed by atoms with Crippen LogP contribution in [0.1, 0.15) is 26.3 Å². The van der Waals surface area contributed by atoms with Crippen molar-refractivity contribution in [3.8, 4) is 5.75 Å². The minimum Gasteiger partial charge on any atom is -0.508 e. The maximum atomic E-state index is 9.95. The molecule has 0 heterocycles. The zero-order valence-corrected chi connectivity index (χ0v) is 11.8. The lowest BCUT2D eigenvalue weighted by molar-refractivity contribution is 0.0659. The molecular weight excluding hydrogens is 240 g/mol. The fourth-order valence-electron chi connectivity index (χ4n) is 2.27. The molecule has 1 fully saturated rings. The minimum atomic E-state index is -0.366. The Bertz CT molecular complexity index is 461. The van der Waals surface area contributed by atoms with E-state index in [0.717, 1.165) is 11.1 Å². The van der Waals surface area contributed by atoms with Crippen LogP contribution >= 0.6 is 0 Å². The van der Waals surface area contributed by atoms with E-state index in [1.165, 1.54) is 0 Å². The third-order valence-electron chi connectivity index (χ3n) is 3.59. The van der Waals surface area contributed by atoms with E-state index in [9.17, 15) is 10.2 Å². The lowest BCUT2D eigenvalue weighted by Gasteiger charge is -2.10. The predicted molar refractivity (Wildman–Crippen MR) is 74.8 cm³/mol. The van der Waals surface area contributed by atoms with E-state index in [-0.39, 0.29) is 17.3 Å². The van der Waals surface area contributed by atoms with Crippen molar-refractivity contribution in [3.05, 3.63) is 41.5 Å². The van der Waals surface area contributed by atoms with E-state index < -0.39 is 0 Å². The maximum absolute atomic E-state index is 9.95. The van der Waals surface area contributed by atoms with Gasteiger partial charge in [0.15, 0.2) is 0 Å². The molecule has 0 spiro atoms. The minimum absolute atomic E-state index is 0.221. The first-order valence-electron chi connectivity index (χ1n) is 6.69. The summed E-state index contributed by atoms with van der Waals surface area (Å²) in [6, 6.07) is 6.98. The van der Waals surface area contributed by atoms with Crippen LogP contribution in [0.25, 0.3) is 0 Å². The van der Waals surface area contributed by atoms with Crippen LogP contribution in [0.3, 0.4) is 0 Å². The van der Waals surface area contributed by atoms with Crippen molar-refractivity contribution in [2.45, 2.75) is 33.5 Å². The molecule has 0 saturated heterocycles. The lowest BCUT2D eigenvalue weighted by atomic mass is 10.1. The summed E-state index contributed by atoms with van der Waals surface area (Å²) >= 11 is 0. The van der Waals surface area contributed by atoms with E-state index >= 15 is 0 Å². The second kappa shape index (κ2) is 5.35. The highest BCUT2D eigenvalue weighted by Crippen LogP contribution is 2.52. The molecule has 1 saturated carbocycles. The number of phenolic OH excluding ortho intramolecular Hbond substituents is 1. The summed E-state index contributed by atoms with van der Waals surface area (Å²) in [5.74, 6) is 0.707. The molecule has 1 aliphatic carbocycles. The molecule has 0 aliphatic heterocycles. The first kappa shape index (κ1) is 14.1. The Hall–Kier alpha value is -1.32. The normalized spacial score (nSPS) is 28.1. The topological polar surface area (TPSA) is 49.7 Å². The van der Waals surface area contributed by atoms with Gasteiger partial charge in [-0.1, -0.05) is 39.0 Å². The number of hydrogen-bond acceptors (Lipinski definition) is 3. The monoisotopic (exact) mass is 262 g/mol. The first-order valence-corrected chi connectivity index (χ1v) is 6.69. The average molecular weight is 262 g/mol. The van der Waals surface area contributed by atoms with Gasteiger partial charge in [-0.25, -0.2) is 0 Å². The molecule has 0 amide bonds. The molecule has 0 radical (unpaired) electrons. The summed E-state index contributed by atoms with van der Waals surface area (Å²) in [6.07, 6.45) is 1.75. The highest BCUT2D eigenvalue weighted by molar-refractivity contribution is 5.39. The molecule has 1 aromatic rings. The second-order valence-corrected chi connectivity index (χ2v) is 5.85. The van der Waals surface area contributed by atoms with Crippen LogP contribution in [0, 0.1) is 11.3 Å². The van der Waals surface area contributed by atoms with Gasteiger partial charge in [-0.3, -0.25) is 0 Å². The molecule has 0 bridgehead atoms. The smallest absolute Gasteiger partial charge is 0.115 e. The number of phenols is 1. The zero-order chi connectivity index (χ0) is 14.0. The Morgan fingerprint density at radius 2 is 1.95 bits per heavy atom. The van der Waals surface area contributed by atoms with E-state index in [1.54, 1.807) is 12.1 Å². The lowest BCUT2D eigenvalue weighted by Crippen LogP contribution is -2.11. The predicted octanol–water partition coefficient (Wildman–Crippen LogP) is 2.87. The average Bonchev–Trinajstić information content (AvgIpc) is 2.84. The van der Waals surface area contributed by atoms with Crippen molar-refractivity contribution in [1.82, 2.24) is 0 Å². The summed E-state index contributed by atoms with van der Waals surface area (Å²) in [4.78, 5) is 0. The van der Waals surface area contributed by atoms with Gasteiger partial charge in [0.2, 0.25) is 0 Å². The Kier molecular flexibility index (Phi) is 3.97. The van der Waals surface area contributed by atoms with Gasteiger partial charge in [-0.15, -0.1) is 0 Å². The molecule has 1 aromatic carbocycles. The van der Waals surface area contributed by atoms with Crippen LogP contribution in [0.2, 0.25) is 0 Å². The molecule has 2 rings (SSSR count). The fraction of sp³-hybridized carbons (Fsp3) is 0.500. The molecule has 104 valence electrons. The molecule has 19 heavy (non-hydrogen) atoms. The van der Waals surface area contributed by atoms with Gasteiger partial charge in [0.05, 0.1) is 19.3 Å². The Balaban J connectivity index is 1.85. The molecule has 2 unspecified atom stereocenters. The second-order valence-electron chi connectivity index (χ2n) is 5.85. The zero-order valence-electron chi connectivity index (χ0n) is 11.8. The highest BCUT2D eigenvalue weighted by atomic mass is 16.5. The van der Waals surface area contributed by atoms with Crippen LogP contribution in [0.15, 0.2) is 35.9 Å². The third kappa shape index (κ3) is 3.17. The highest BCUT2D eigenvalue weighted by Gasteiger charge is 2.55. The molecule has 2 N–H and O–H groups in total. The van der Waals surface area contributed by atoms with Crippen molar-refractivity contribution in [2.24, 2.45) is 11.3 Å². The number of aliphatic hydroxyl groups excluding tert-OH is 1. The van der Waals surface area contributed by atoms with Crippen LogP contribution in [0.5, 0.6) is 5.75 Å². The van der Waals surface area contributed by atoms with Crippen molar-refractivity contribution in [2.75, 3.05) is 6.61 Å². The molecule has 2 atom stereocenters. The molecule has 3 heteroatoms. The van der Waals surface area contributed by atoms with Gasteiger partial charge in [0.1, 0.15) is 5.75 Å². The van der Waals surface area contributed by atoms with Gasteiger partial charge in [0, 0.05) is 5.41 Å². The Morgan fingerprint density at radius 1 is 1.32 bits per heavy atom. The molecule has 3 nitrogen and oxygen atoms in total. The van der Waals surface area contributed by atoms with Gasteiger partial charge >= 0.3 is 0 Å². The Labute approximate surface area is 114 Å². The number of benzene rings is 1. The van der Waals surface area contributed by atoms with Crippen molar-refractivity contribution in [3.63, 3.8) is 0 Å². The van der Waals surface area contributed by atoms with Crippen LogP contribution in [-0.4, -0.2) is 22.9 Å². The number of rotatable bonds is 5. The van der Waals surface area contributed by atoms with Gasteiger partial charge in [0.25, 0.3) is 0 Å². The number of aromatic hydroxyl groups is 1. The maximum Gasteiger partial charge on any atom is 0.115 e. The summed E-state index contributed by atoms with van der Waals surface area (Å²) in [5.41, 5.74) is 1.89.